The van der Waals surface area contributed by atoms with Crippen LogP contribution in [-0.2, 0) is 9.59 Å². The topological polar surface area (TPSA) is 58.6 Å². The van der Waals surface area contributed by atoms with Gasteiger partial charge < -0.3 is 15.0 Å². The highest BCUT2D eigenvalue weighted by molar-refractivity contribution is 5.79. The van der Waals surface area contributed by atoms with Gasteiger partial charge in [0, 0.05) is 20.5 Å². The first kappa shape index (κ1) is 16.0. The van der Waals surface area contributed by atoms with Crippen molar-refractivity contribution in [3.63, 3.8) is 0 Å². The molecular weight excluding hydrogens is 256 g/mol. The molecule has 1 aromatic rings. The normalized spacial score (nSPS) is 11.6. The quantitative estimate of drug-likeness (QED) is 0.862. The minimum Gasteiger partial charge on any atom is -0.497 e. The summed E-state index contributed by atoms with van der Waals surface area (Å²) in [5, 5.41) is 2.82. The Morgan fingerprint density at radius 2 is 1.90 bits per heavy atom. The smallest absolute Gasteiger partial charge is 0.224 e. The van der Waals surface area contributed by atoms with Crippen LogP contribution in [0.2, 0.25) is 0 Å². The van der Waals surface area contributed by atoms with Gasteiger partial charge in [0.15, 0.2) is 0 Å². The molecule has 0 aliphatic rings. The second kappa shape index (κ2) is 7.53. The van der Waals surface area contributed by atoms with Crippen molar-refractivity contribution in [1.29, 1.82) is 0 Å². The van der Waals surface area contributed by atoms with Gasteiger partial charge in [0.05, 0.1) is 19.6 Å². The predicted molar refractivity (Wildman–Crippen MR) is 77.5 cm³/mol. The number of nitrogens with one attached hydrogen (secondary N) is 1. The zero-order valence-corrected chi connectivity index (χ0v) is 12.5. The molecule has 0 saturated carbocycles. The molecule has 0 bridgehead atoms. The summed E-state index contributed by atoms with van der Waals surface area (Å²) >= 11 is 0. The lowest BCUT2D eigenvalue weighted by Gasteiger charge is -2.21. The van der Waals surface area contributed by atoms with Crippen molar-refractivity contribution in [1.82, 2.24) is 10.2 Å². The first-order chi connectivity index (χ1) is 9.47. The van der Waals surface area contributed by atoms with Gasteiger partial charge in [0.2, 0.25) is 11.8 Å². The molecule has 0 saturated heterocycles. The summed E-state index contributed by atoms with van der Waals surface area (Å²) in [5.74, 6) is 0.590. The Hall–Kier alpha value is -2.04. The first-order valence-corrected chi connectivity index (χ1v) is 6.63. The Labute approximate surface area is 119 Å². The van der Waals surface area contributed by atoms with Gasteiger partial charge in [-0.3, -0.25) is 9.59 Å². The fourth-order valence-electron chi connectivity index (χ4n) is 1.84. The van der Waals surface area contributed by atoms with Crippen molar-refractivity contribution in [3.05, 3.63) is 29.8 Å². The third-order valence-corrected chi connectivity index (χ3v) is 3.17. The number of carbonyl (C=O) groups is 2. The molecule has 5 heteroatoms. The maximum absolute atomic E-state index is 12.0. The average Bonchev–Trinajstić information content (AvgIpc) is 2.45. The van der Waals surface area contributed by atoms with Gasteiger partial charge in [-0.15, -0.1) is 0 Å². The zero-order valence-electron chi connectivity index (χ0n) is 12.5. The van der Waals surface area contributed by atoms with Crippen LogP contribution in [-0.4, -0.2) is 37.4 Å². The van der Waals surface area contributed by atoms with E-state index >= 15 is 0 Å². The van der Waals surface area contributed by atoms with Gasteiger partial charge in [0.25, 0.3) is 0 Å². The second-order valence-corrected chi connectivity index (χ2v) is 4.64. The lowest BCUT2D eigenvalue weighted by molar-refractivity contribution is -0.130. The molecule has 2 amide bonds. The standard InChI is InChI=1S/C15H22N2O3/c1-5-17(3)15(19)10-14(16-11(2)18)12-6-8-13(20-4)9-7-12/h6-9,14H,5,10H2,1-4H3,(H,16,18). The van der Waals surface area contributed by atoms with E-state index in [2.05, 4.69) is 5.32 Å². The number of methoxy groups -OCH3 is 1. The van der Waals surface area contributed by atoms with Crippen LogP contribution in [0.3, 0.4) is 0 Å². The van der Waals surface area contributed by atoms with Gasteiger partial charge in [-0.05, 0) is 24.6 Å². The SMILES string of the molecule is CCN(C)C(=O)CC(NC(C)=O)c1ccc(OC)cc1. The van der Waals surface area contributed by atoms with E-state index in [0.717, 1.165) is 11.3 Å². The molecule has 0 aliphatic carbocycles. The van der Waals surface area contributed by atoms with E-state index in [4.69, 9.17) is 4.74 Å². The third-order valence-electron chi connectivity index (χ3n) is 3.17. The molecule has 0 aromatic heterocycles. The summed E-state index contributed by atoms with van der Waals surface area (Å²) in [5.41, 5.74) is 0.888. The van der Waals surface area contributed by atoms with E-state index in [1.54, 1.807) is 19.1 Å². The van der Waals surface area contributed by atoms with Gasteiger partial charge >= 0.3 is 0 Å². The van der Waals surface area contributed by atoms with Crippen LogP contribution in [0, 0.1) is 0 Å². The summed E-state index contributed by atoms with van der Waals surface area (Å²) in [6.07, 6.45) is 0.246. The minimum atomic E-state index is -0.320. The van der Waals surface area contributed by atoms with Crippen LogP contribution < -0.4 is 10.1 Å². The molecule has 1 atom stereocenters. The number of hydrogen-bond acceptors (Lipinski definition) is 3. The lowest BCUT2D eigenvalue weighted by atomic mass is 10.0. The zero-order chi connectivity index (χ0) is 15.1. The highest BCUT2D eigenvalue weighted by Crippen LogP contribution is 2.21. The molecule has 110 valence electrons. The number of benzene rings is 1. The molecule has 0 radical (unpaired) electrons. The highest BCUT2D eigenvalue weighted by Gasteiger charge is 2.18. The molecule has 0 heterocycles. The number of amides is 2. The van der Waals surface area contributed by atoms with Crippen molar-refractivity contribution < 1.29 is 14.3 Å². The van der Waals surface area contributed by atoms with Gasteiger partial charge in [-0.2, -0.15) is 0 Å². The molecule has 0 fully saturated rings. The molecular formula is C15H22N2O3. The maximum atomic E-state index is 12.0. The average molecular weight is 278 g/mol. The highest BCUT2D eigenvalue weighted by atomic mass is 16.5. The van der Waals surface area contributed by atoms with Crippen LogP contribution in [0.25, 0.3) is 0 Å². The Balaban J connectivity index is 2.87. The molecule has 1 unspecified atom stereocenters. The third kappa shape index (κ3) is 4.57. The maximum Gasteiger partial charge on any atom is 0.224 e. The van der Waals surface area contributed by atoms with Gasteiger partial charge in [-0.1, -0.05) is 12.1 Å². The molecule has 1 rings (SSSR count). The summed E-state index contributed by atoms with van der Waals surface area (Å²) in [4.78, 5) is 25.0. The van der Waals surface area contributed by atoms with Crippen molar-refractivity contribution in [2.24, 2.45) is 0 Å². The van der Waals surface area contributed by atoms with E-state index in [-0.39, 0.29) is 24.3 Å². The lowest BCUT2D eigenvalue weighted by Crippen LogP contribution is -2.33. The summed E-state index contributed by atoms with van der Waals surface area (Å²) in [6.45, 7) is 4.01. The van der Waals surface area contributed by atoms with Crippen LogP contribution in [0.5, 0.6) is 5.75 Å². The fourth-order valence-corrected chi connectivity index (χ4v) is 1.84. The van der Waals surface area contributed by atoms with E-state index in [9.17, 15) is 9.59 Å². The summed E-state index contributed by atoms with van der Waals surface area (Å²) in [7, 11) is 3.35. The molecule has 1 N–H and O–H groups in total. The summed E-state index contributed by atoms with van der Waals surface area (Å²) < 4.78 is 5.10. The van der Waals surface area contributed by atoms with Crippen molar-refractivity contribution in [3.8, 4) is 5.75 Å². The first-order valence-electron chi connectivity index (χ1n) is 6.63. The van der Waals surface area contributed by atoms with Crippen LogP contribution in [0.15, 0.2) is 24.3 Å². The van der Waals surface area contributed by atoms with E-state index in [0.29, 0.717) is 6.54 Å². The van der Waals surface area contributed by atoms with E-state index in [1.807, 2.05) is 31.2 Å². The number of carbonyl (C=O) groups excluding carboxylic acids is 2. The van der Waals surface area contributed by atoms with Gasteiger partial charge in [-0.25, -0.2) is 0 Å². The molecule has 0 aliphatic heterocycles. The van der Waals surface area contributed by atoms with Crippen LogP contribution >= 0.6 is 0 Å². The fraction of sp³-hybridized carbons (Fsp3) is 0.467. The van der Waals surface area contributed by atoms with Crippen LogP contribution in [0.1, 0.15) is 31.9 Å². The molecule has 20 heavy (non-hydrogen) atoms. The number of hydrogen-bond donors (Lipinski definition) is 1. The second-order valence-electron chi connectivity index (χ2n) is 4.64. The largest absolute Gasteiger partial charge is 0.497 e. The van der Waals surface area contributed by atoms with E-state index < -0.39 is 0 Å². The molecule has 0 spiro atoms. The Kier molecular flexibility index (Phi) is 6.03. The van der Waals surface area contributed by atoms with Crippen molar-refractivity contribution in [2.75, 3.05) is 20.7 Å². The van der Waals surface area contributed by atoms with E-state index in [1.165, 1.54) is 6.92 Å². The monoisotopic (exact) mass is 278 g/mol. The number of nitrogens with zero attached hydrogens (tertiary/aromatic N) is 1. The Bertz CT molecular complexity index is 457. The number of rotatable bonds is 6. The minimum absolute atomic E-state index is 0.00191. The van der Waals surface area contributed by atoms with Gasteiger partial charge in [0.1, 0.15) is 5.75 Å². The predicted octanol–water partition coefficient (Wildman–Crippen LogP) is 1.74. The van der Waals surface area contributed by atoms with Crippen molar-refractivity contribution >= 4 is 11.8 Å². The summed E-state index contributed by atoms with van der Waals surface area (Å²) in [6, 6.07) is 7.04. The molecule has 5 nitrogen and oxygen atoms in total. The van der Waals surface area contributed by atoms with Crippen LogP contribution in [0.4, 0.5) is 0 Å². The molecule has 1 aromatic carbocycles. The Morgan fingerprint density at radius 1 is 1.30 bits per heavy atom. The number of ether oxygens (including phenoxy) is 1. The Morgan fingerprint density at radius 3 is 2.35 bits per heavy atom. The van der Waals surface area contributed by atoms with Crippen molar-refractivity contribution in [2.45, 2.75) is 26.3 Å².